The van der Waals surface area contributed by atoms with E-state index in [1.165, 1.54) is 18.3 Å². The van der Waals surface area contributed by atoms with Gasteiger partial charge in [-0.1, -0.05) is 0 Å². The Balaban J connectivity index is 1.98. The van der Waals surface area contributed by atoms with Crippen LogP contribution in [0, 0.1) is 0 Å². The van der Waals surface area contributed by atoms with Crippen molar-refractivity contribution >= 4 is 43.9 Å². The van der Waals surface area contributed by atoms with Gasteiger partial charge in [-0.3, -0.25) is 9.59 Å². The second kappa shape index (κ2) is 5.28. The van der Waals surface area contributed by atoms with Gasteiger partial charge in [-0.25, -0.2) is 0 Å². The Hall–Kier alpha value is -1.44. The Labute approximate surface area is 117 Å². The summed E-state index contributed by atoms with van der Waals surface area (Å²) in [5.41, 5.74) is -1.45. The average Bonchev–Trinajstić information content (AvgIpc) is 2.83. The maximum atomic E-state index is 11.9. The van der Waals surface area contributed by atoms with E-state index in [2.05, 4.69) is 5.32 Å². The lowest BCUT2D eigenvalue weighted by molar-refractivity contribution is -0.141. The number of thiophene rings is 2. The van der Waals surface area contributed by atoms with Crippen molar-refractivity contribution in [2.45, 2.75) is 18.9 Å². The summed E-state index contributed by atoms with van der Waals surface area (Å²) in [5, 5.41) is 22.9. The van der Waals surface area contributed by atoms with Crippen molar-refractivity contribution in [3.8, 4) is 0 Å². The molecule has 0 aliphatic heterocycles. The van der Waals surface area contributed by atoms with E-state index in [0.717, 1.165) is 9.40 Å². The number of amides is 1. The fourth-order valence-corrected chi connectivity index (χ4v) is 3.65. The zero-order chi connectivity index (χ0) is 14.0. The van der Waals surface area contributed by atoms with Crippen LogP contribution in [0.25, 0.3) is 9.40 Å². The molecule has 0 spiro atoms. The summed E-state index contributed by atoms with van der Waals surface area (Å²) in [7, 11) is 0. The van der Waals surface area contributed by atoms with Crippen LogP contribution < -0.4 is 5.32 Å². The quantitative estimate of drug-likeness (QED) is 0.787. The topological polar surface area (TPSA) is 86.6 Å². The lowest BCUT2D eigenvalue weighted by Crippen LogP contribution is -2.41. The molecule has 0 saturated carbocycles. The molecule has 7 heteroatoms. The zero-order valence-electron chi connectivity index (χ0n) is 10.2. The Bertz CT molecular complexity index is 586. The van der Waals surface area contributed by atoms with E-state index in [-0.39, 0.29) is 12.5 Å². The van der Waals surface area contributed by atoms with E-state index in [1.54, 1.807) is 17.4 Å². The summed E-state index contributed by atoms with van der Waals surface area (Å²) in [6.45, 7) is 1.29. The Morgan fingerprint density at radius 3 is 2.79 bits per heavy atom. The van der Waals surface area contributed by atoms with E-state index in [1.807, 2.05) is 11.4 Å². The number of hydrogen-bond acceptors (Lipinski definition) is 5. The molecule has 0 saturated heterocycles. The number of fused-ring (bicyclic) bond motifs is 1. The molecule has 5 nitrogen and oxygen atoms in total. The molecule has 2 aromatic heterocycles. The Morgan fingerprint density at radius 1 is 1.42 bits per heavy atom. The minimum Gasteiger partial charge on any atom is -0.481 e. The lowest BCUT2D eigenvalue weighted by atomic mass is 10.0. The van der Waals surface area contributed by atoms with Crippen molar-refractivity contribution in [3.05, 3.63) is 22.4 Å². The molecule has 0 bridgehead atoms. The smallest absolute Gasteiger partial charge is 0.306 e. The molecule has 2 heterocycles. The molecule has 0 aliphatic carbocycles. The molecule has 0 aromatic carbocycles. The van der Waals surface area contributed by atoms with Gasteiger partial charge in [-0.2, -0.15) is 0 Å². The van der Waals surface area contributed by atoms with Crippen LogP contribution in [0.5, 0.6) is 0 Å². The molecule has 0 fully saturated rings. The van der Waals surface area contributed by atoms with E-state index in [4.69, 9.17) is 5.11 Å². The van der Waals surface area contributed by atoms with Crippen LogP contribution in [0.2, 0.25) is 0 Å². The fourth-order valence-electron chi connectivity index (χ4n) is 1.62. The van der Waals surface area contributed by atoms with E-state index < -0.39 is 18.0 Å². The molecule has 1 amide bonds. The number of carbonyl (C=O) groups excluding carboxylic acids is 1. The molecule has 1 atom stereocenters. The van der Waals surface area contributed by atoms with Crippen LogP contribution in [0.1, 0.15) is 23.0 Å². The molecular weight excluding hydrogens is 286 g/mol. The molecule has 0 radical (unpaired) electrons. The molecule has 102 valence electrons. The first-order chi connectivity index (χ1) is 8.87. The monoisotopic (exact) mass is 299 g/mol. The summed E-state index contributed by atoms with van der Waals surface area (Å²) in [5.74, 6) is -1.39. The number of rotatable bonds is 5. The molecule has 2 aromatic rings. The number of carboxylic acids is 1. The van der Waals surface area contributed by atoms with Gasteiger partial charge >= 0.3 is 5.97 Å². The zero-order valence-corrected chi connectivity index (χ0v) is 11.8. The minimum atomic E-state index is -1.45. The van der Waals surface area contributed by atoms with E-state index >= 15 is 0 Å². The first-order valence-corrected chi connectivity index (χ1v) is 7.26. The van der Waals surface area contributed by atoms with Gasteiger partial charge < -0.3 is 15.5 Å². The van der Waals surface area contributed by atoms with Gasteiger partial charge in [-0.05, 0) is 24.4 Å². The summed E-state index contributed by atoms with van der Waals surface area (Å²) in [6.07, 6.45) is -0.410. The normalized spacial score (nSPS) is 14.2. The van der Waals surface area contributed by atoms with E-state index in [0.29, 0.717) is 4.88 Å². The van der Waals surface area contributed by atoms with Crippen LogP contribution in [0.4, 0.5) is 0 Å². The predicted molar refractivity (Wildman–Crippen MR) is 74.9 cm³/mol. The van der Waals surface area contributed by atoms with Crippen molar-refractivity contribution in [3.63, 3.8) is 0 Å². The summed E-state index contributed by atoms with van der Waals surface area (Å²) in [4.78, 5) is 23.0. The van der Waals surface area contributed by atoms with Crippen molar-refractivity contribution < 1.29 is 19.8 Å². The molecule has 2 rings (SSSR count). The van der Waals surface area contributed by atoms with E-state index in [9.17, 15) is 14.7 Å². The highest BCUT2D eigenvalue weighted by molar-refractivity contribution is 7.27. The first-order valence-electron chi connectivity index (χ1n) is 5.57. The molecular formula is C12H13NO4S2. The third-order valence-corrected chi connectivity index (χ3v) is 4.62. The highest BCUT2D eigenvalue weighted by atomic mass is 32.1. The van der Waals surface area contributed by atoms with Gasteiger partial charge in [0, 0.05) is 15.9 Å². The average molecular weight is 299 g/mol. The van der Waals surface area contributed by atoms with Gasteiger partial charge in [0.05, 0.1) is 16.9 Å². The van der Waals surface area contributed by atoms with Gasteiger partial charge in [0.1, 0.15) is 0 Å². The summed E-state index contributed by atoms with van der Waals surface area (Å²) < 4.78 is 2.10. The number of hydrogen-bond donors (Lipinski definition) is 3. The van der Waals surface area contributed by atoms with Crippen LogP contribution in [-0.4, -0.2) is 34.2 Å². The highest BCUT2D eigenvalue weighted by Gasteiger charge is 2.25. The van der Waals surface area contributed by atoms with Crippen LogP contribution in [0.3, 0.4) is 0 Å². The number of aliphatic hydroxyl groups is 1. The largest absolute Gasteiger partial charge is 0.481 e. The minimum absolute atomic E-state index is 0.0936. The van der Waals surface area contributed by atoms with Crippen LogP contribution >= 0.6 is 22.7 Å². The number of aliphatic carboxylic acids is 1. The standard InChI is InChI=1S/C12H13NO4S2/c1-12(17,5-10(14)15)6-13-11(16)9-4-8-7(19-9)2-3-18-8/h2-4,17H,5-6H2,1H3,(H,13,16)(H,14,15). The lowest BCUT2D eigenvalue weighted by Gasteiger charge is -2.21. The van der Waals surface area contributed by atoms with Crippen LogP contribution in [0.15, 0.2) is 17.5 Å². The summed E-state index contributed by atoms with van der Waals surface area (Å²) >= 11 is 2.94. The SMILES string of the molecule is CC(O)(CNC(=O)c1cc2sccc2s1)CC(=O)O. The van der Waals surface area contributed by atoms with Gasteiger partial charge in [0.25, 0.3) is 5.91 Å². The van der Waals surface area contributed by atoms with Crippen LogP contribution in [-0.2, 0) is 4.79 Å². The van der Waals surface area contributed by atoms with Gasteiger partial charge in [-0.15, -0.1) is 22.7 Å². The van der Waals surface area contributed by atoms with Gasteiger partial charge in [0.15, 0.2) is 0 Å². The van der Waals surface area contributed by atoms with Crippen molar-refractivity contribution in [1.82, 2.24) is 5.32 Å². The van der Waals surface area contributed by atoms with Gasteiger partial charge in [0.2, 0.25) is 0 Å². The molecule has 19 heavy (non-hydrogen) atoms. The van der Waals surface area contributed by atoms with Crippen molar-refractivity contribution in [2.24, 2.45) is 0 Å². The second-order valence-corrected chi connectivity index (χ2v) is 6.54. The third-order valence-electron chi connectivity index (χ3n) is 2.53. The molecule has 0 aliphatic rings. The Kier molecular flexibility index (Phi) is 3.88. The number of carboxylic acid groups (broad SMARTS) is 1. The molecule has 3 N–H and O–H groups in total. The summed E-state index contributed by atoms with van der Waals surface area (Å²) in [6, 6.07) is 3.74. The number of carbonyl (C=O) groups is 2. The second-order valence-electron chi connectivity index (χ2n) is 4.51. The number of nitrogens with one attached hydrogen (secondary N) is 1. The van der Waals surface area contributed by atoms with Crippen molar-refractivity contribution in [1.29, 1.82) is 0 Å². The Morgan fingerprint density at radius 2 is 2.16 bits per heavy atom. The molecule has 1 unspecified atom stereocenters. The highest BCUT2D eigenvalue weighted by Crippen LogP contribution is 2.29. The maximum Gasteiger partial charge on any atom is 0.306 e. The first kappa shape index (κ1) is 14.0. The third kappa shape index (κ3) is 3.52. The van der Waals surface area contributed by atoms with Crippen molar-refractivity contribution in [2.75, 3.05) is 6.54 Å². The predicted octanol–water partition coefficient (Wildman–Crippen LogP) is 1.92. The fraction of sp³-hybridized carbons (Fsp3) is 0.333. The maximum absolute atomic E-state index is 11.9.